The fourth-order valence-electron chi connectivity index (χ4n) is 2.20. The maximum absolute atomic E-state index is 11.4. The molecule has 0 aromatic heterocycles. The molecule has 0 aliphatic carbocycles. The van der Waals surface area contributed by atoms with Crippen molar-refractivity contribution in [2.45, 2.75) is 18.9 Å². The van der Waals surface area contributed by atoms with Crippen molar-refractivity contribution in [2.75, 3.05) is 13.1 Å². The summed E-state index contributed by atoms with van der Waals surface area (Å²) in [5.74, 6) is -1.05. The molecule has 0 spiro atoms. The molecule has 20 heavy (non-hydrogen) atoms. The number of primary amides is 1. The summed E-state index contributed by atoms with van der Waals surface area (Å²) < 4.78 is 5.78. The highest BCUT2D eigenvalue weighted by molar-refractivity contribution is 6.34. The number of nitrogens with two attached hydrogens (primary N) is 1. The largest absolute Gasteiger partial charge is 0.490 e. The number of carbonyl (C=O) groups excluding carboxylic acids is 3. The van der Waals surface area contributed by atoms with Gasteiger partial charge in [0, 0.05) is 25.9 Å². The number of nitrogens with zero attached hydrogens (tertiary/aromatic N) is 1. The molecule has 6 heteroatoms. The number of ether oxygens (including phenoxy) is 1. The van der Waals surface area contributed by atoms with Crippen molar-refractivity contribution >= 4 is 18.1 Å². The first-order chi connectivity index (χ1) is 9.61. The number of aldehydes is 1. The van der Waals surface area contributed by atoms with Crippen molar-refractivity contribution in [1.82, 2.24) is 4.90 Å². The van der Waals surface area contributed by atoms with Crippen LogP contribution >= 0.6 is 0 Å². The van der Waals surface area contributed by atoms with E-state index in [9.17, 15) is 14.4 Å². The molecule has 1 saturated heterocycles. The van der Waals surface area contributed by atoms with Crippen molar-refractivity contribution in [3.05, 3.63) is 29.8 Å². The van der Waals surface area contributed by atoms with E-state index >= 15 is 0 Å². The predicted molar refractivity (Wildman–Crippen MR) is 71.3 cm³/mol. The van der Waals surface area contributed by atoms with E-state index in [0.717, 1.165) is 6.29 Å². The van der Waals surface area contributed by atoms with Crippen LogP contribution in [0.5, 0.6) is 5.75 Å². The van der Waals surface area contributed by atoms with Crippen molar-refractivity contribution in [1.29, 1.82) is 0 Å². The monoisotopic (exact) mass is 276 g/mol. The topological polar surface area (TPSA) is 89.7 Å². The summed E-state index contributed by atoms with van der Waals surface area (Å²) in [6, 6.07) is 7.00. The minimum absolute atomic E-state index is 0.0759. The van der Waals surface area contributed by atoms with Gasteiger partial charge in [-0.2, -0.15) is 0 Å². The first kappa shape index (κ1) is 14.0. The normalized spacial score (nSPS) is 15.7. The van der Waals surface area contributed by atoms with Crippen molar-refractivity contribution in [2.24, 2.45) is 5.73 Å². The predicted octanol–water partition coefficient (Wildman–Crippen LogP) is 0.354. The Hall–Kier alpha value is -2.37. The fourth-order valence-corrected chi connectivity index (χ4v) is 2.20. The summed E-state index contributed by atoms with van der Waals surface area (Å²) in [5, 5.41) is 0. The van der Waals surface area contributed by atoms with Gasteiger partial charge in [0.25, 0.3) is 0 Å². The summed E-state index contributed by atoms with van der Waals surface area (Å²) in [7, 11) is 0. The molecule has 2 amide bonds. The Morgan fingerprint density at radius 1 is 1.25 bits per heavy atom. The Kier molecular flexibility index (Phi) is 4.34. The molecule has 0 atom stereocenters. The quantitative estimate of drug-likeness (QED) is 0.637. The first-order valence-electron chi connectivity index (χ1n) is 6.41. The summed E-state index contributed by atoms with van der Waals surface area (Å²) in [6.45, 7) is 0.853. The third kappa shape index (κ3) is 3.14. The van der Waals surface area contributed by atoms with E-state index in [4.69, 9.17) is 10.5 Å². The molecular weight excluding hydrogens is 260 g/mol. The number of benzene rings is 1. The average molecular weight is 276 g/mol. The number of carbonyl (C=O) groups is 3. The Bertz CT molecular complexity index is 522. The highest BCUT2D eigenvalue weighted by Gasteiger charge is 2.26. The van der Waals surface area contributed by atoms with Gasteiger partial charge in [-0.15, -0.1) is 0 Å². The Morgan fingerprint density at radius 2 is 1.90 bits per heavy atom. The molecular formula is C14H16N2O4. The van der Waals surface area contributed by atoms with Crippen LogP contribution in [0, 0.1) is 0 Å². The second-order valence-electron chi connectivity index (χ2n) is 4.63. The van der Waals surface area contributed by atoms with Crippen LogP contribution in [0.2, 0.25) is 0 Å². The summed E-state index contributed by atoms with van der Waals surface area (Å²) in [4.78, 5) is 34.6. The average Bonchev–Trinajstić information content (AvgIpc) is 2.48. The van der Waals surface area contributed by atoms with E-state index in [1.54, 1.807) is 24.3 Å². The van der Waals surface area contributed by atoms with Gasteiger partial charge in [-0.05, 0) is 12.1 Å². The van der Waals surface area contributed by atoms with Crippen molar-refractivity contribution in [3.63, 3.8) is 0 Å². The Balaban J connectivity index is 1.93. The lowest BCUT2D eigenvalue weighted by Gasteiger charge is -2.31. The Labute approximate surface area is 116 Å². The van der Waals surface area contributed by atoms with Crippen LogP contribution in [0.4, 0.5) is 0 Å². The van der Waals surface area contributed by atoms with Gasteiger partial charge >= 0.3 is 11.8 Å². The zero-order chi connectivity index (χ0) is 14.5. The fraction of sp³-hybridized carbons (Fsp3) is 0.357. The first-order valence-corrected chi connectivity index (χ1v) is 6.41. The molecule has 0 radical (unpaired) electrons. The molecule has 0 bridgehead atoms. The van der Waals surface area contributed by atoms with Gasteiger partial charge in [0.15, 0.2) is 6.29 Å². The van der Waals surface area contributed by atoms with Gasteiger partial charge in [-0.3, -0.25) is 14.4 Å². The van der Waals surface area contributed by atoms with Crippen molar-refractivity contribution < 1.29 is 19.1 Å². The van der Waals surface area contributed by atoms with Crippen LogP contribution in [0.1, 0.15) is 23.2 Å². The molecule has 0 saturated carbocycles. The Morgan fingerprint density at radius 3 is 2.50 bits per heavy atom. The number of hydrogen-bond donors (Lipinski definition) is 1. The molecule has 2 rings (SSSR count). The molecule has 2 N–H and O–H groups in total. The van der Waals surface area contributed by atoms with E-state index in [1.165, 1.54) is 4.90 Å². The third-order valence-electron chi connectivity index (χ3n) is 3.28. The summed E-state index contributed by atoms with van der Waals surface area (Å²) >= 11 is 0. The number of para-hydroxylation sites is 1. The minimum Gasteiger partial charge on any atom is -0.490 e. The molecule has 1 aromatic rings. The van der Waals surface area contributed by atoms with Crippen LogP contribution in [0.15, 0.2) is 24.3 Å². The zero-order valence-corrected chi connectivity index (χ0v) is 11.0. The van der Waals surface area contributed by atoms with E-state index in [1.807, 2.05) is 0 Å². The third-order valence-corrected chi connectivity index (χ3v) is 3.28. The molecule has 1 aliphatic rings. The number of amides is 2. The van der Waals surface area contributed by atoms with E-state index < -0.39 is 11.8 Å². The molecule has 1 aliphatic heterocycles. The second kappa shape index (κ2) is 6.18. The van der Waals surface area contributed by atoms with Gasteiger partial charge in [0.05, 0.1) is 5.56 Å². The van der Waals surface area contributed by atoms with Gasteiger partial charge in [0.2, 0.25) is 0 Å². The minimum atomic E-state index is -0.935. The number of likely N-dealkylation sites (tertiary alicyclic amines) is 1. The standard InChI is InChI=1S/C14H16N2O4/c15-13(18)14(19)16-7-5-11(6-8-16)20-12-4-2-1-3-10(12)9-17/h1-4,9,11H,5-8H2,(H2,15,18). The van der Waals surface area contributed by atoms with Crippen molar-refractivity contribution in [3.8, 4) is 5.75 Å². The molecule has 1 aromatic carbocycles. The lowest BCUT2D eigenvalue weighted by atomic mass is 10.1. The number of hydrogen-bond acceptors (Lipinski definition) is 4. The second-order valence-corrected chi connectivity index (χ2v) is 4.63. The van der Waals surface area contributed by atoms with Crippen LogP contribution in [0.3, 0.4) is 0 Å². The molecule has 106 valence electrons. The highest BCUT2D eigenvalue weighted by atomic mass is 16.5. The van der Waals surface area contributed by atoms with Gasteiger partial charge in [-0.25, -0.2) is 0 Å². The molecule has 1 fully saturated rings. The SMILES string of the molecule is NC(=O)C(=O)N1CCC(Oc2ccccc2C=O)CC1. The lowest BCUT2D eigenvalue weighted by Crippen LogP contribution is -2.46. The smallest absolute Gasteiger partial charge is 0.311 e. The molecule has 0 unspecified atom stereocenters. The maximum atomic E-state index is 11.4. The van der Waals surface area contributed by atoms with E-state index in [2.05, 4.69) is 0 Å². The van der Waals surface area contributed by atoms with Crippen LogP contribution < -0.4 is 10.5 Å². The summed E-state index contributed by atoms with van der Waals surface area (Å²) in [5.41, 5.74) is 5.47. The molecule has 6 nitrogen and oxygen atoms in total. The number of rotatable bonds is 3. The van der Waals surface area contributed by atoms with E-state index in [-0.39, 0.29) is 6.10 Å². The van der Waals surface area contributed by atoms with Gasteiger partial charge in [0.1, 0.15) is 11.9 Å². The summed E-state index contributed by atoms with van der Waals surface area (Å²) in [6.07, 6.45) is 1.88. The maximum Gasteiger partial charge on any atom is 0.311 e. The molecule has 1 heterocycles. The highest BCUT2D eigenvalue weighted by Crippen LogP contribution is 2.21. The van der Waals surface area contributed by atoms with Crippen LogP contribution in [-0.4, -0.2) is 42.2 Å². The van der Waals surface area contributed by atoms with Gasteiger partial charge in [-0.1, -0.05) is 12.1 Å². The van der Waals surface area contributed by atoms with E-state index in [0.29, 0.717) is 37.2 Å². The van der Waals surface area contributed by atoms with Crippen LogP contribution in [-0.2, 0) is 9.59 Å². The number of piperidine rings is 1. The zero-order valence-electron chi connectivity index (χ0n) is 11.0. The van der Waals surface area contributed by atoms with Gasteiger partial charge < -0.3 is 15.4 Å². The van der Waals surface area contributed by atoms with Crippen LogP contribution in [0.25, 0.3) is 0 Å². The lowest BCUT2D eigenvalue weighted by molar-refractivity contribution is -0.145.